The molecule has 1 rings (SSSR count). The number of nitrogens with zero attached hydrogens (tertiary/aromatic N) is 2. The van der Waals surface area contributed by atoms with Crippen molar-refractivity contribution in [3.8, 4) is 0 Å². The van der Waals surface area contributed by atoms with Crippen LogP contribution in [0, 0.1) is 5.82 Å². The van der Waals surface area contributed by atoms with Gasteiger partial charge in [-0.15, -0.1) is 0 Å². The lowest BCUT2D eigenvalue weighted by Crippen LogP contribution is -2.29. The molecule has 0 fully saturated rings. The van der Waals surface area contributed by atoms with Crippen LogP contribution >= 0.6 is 11.6 Å². The van der Waals surface area contributed by atoms with Gasteiger partial charge in [-0.3, -0.25) is 0 Å². The summed E-state index contributed by atoms with van der Waals surface area (Å²) < 4.78 is 38.0. The van der Waals surface area contributed by atoms with Crippen molar-refractivity contribution in [1.82, 2.24) is 14.7 Å². The highest BCUT2D eigenvalue weighted by molar-refractivity contribution is 7.89. The Hall–Kier alpha value is -0.990. The van der Waals surface area contributed by atoms with Crippen molar-refractivity contribution in [1.29, 1.82) is 0 Å². The normalized spacial score (nSPS) is 11.5. The van der Waals surface area contributed by atoms with E-state index < -0.39 is 15.8 Å². The summed E-state index contributed by atoms with van der Waals surface area (Å²) in [5.74, 6) is -0.978. The third-order valence-corrected chi connectivity index (χ3v) is 3.39. The highest BCUT2D eigenvalue weighted by atomic mass is 35.5. The SMILES string of the molecule is CCNS(=O)(=O)CCNc1nc(Cl)ncc1F. The fourth-order valence-electron chi connectivity index (χ4n) is 1.07. The van der Waals surface area contributed by atoms with E-state index in [0.717, 1.165) is 6.20 Å². The lowest BCUT2D eigenvalue weighted by molar-refractivity contribution is 0.583. The summed E-state index contributed by atoms with van der Waals surface area (Å²) >= 11 is 5.48. The number of rotatable bonds is 6. The summed E-state index contributed by atoms with van der Waals surface area (Å²) in [7, 11) is -3.34. The molecule has 0 saturated heterocycles. The minimum absolute atomic E-state index is 0.0274. The van der Waals surface area contributed by atoms with E-state index in [-0.39, 0.29) is 23.4 Å². The largest absolute Gasteiger partial charge is 0.366 e. The fraction of sp³-hybridized carbons (Fsp3) is 0.500. The van der Waals surface area contributed by atoms with E-state index in [2.05, 4.69) is 20.0 Å². The molecule has 0 saturated carbocycles. The van der Waals surface area contributed by atoms with Gasteiger partial charge in [-0.25, -0.2) is 22.5 Å². The van der Waals surface area contributed by atoms with Crippen molar-refractivity contribution in [2.24, 2.45) is 0 Å². The smallest absolute Gasteiger partial charge is 0.224 e. The molecule has 0 atom stereocenters. The van der Waals surface area contributed by atoms with Gasteiger partial charge in [0.05, 0.1) is 11.9 Å². The van der Waals surface area contributed by atoms with E-state index in [0.29, 0.717) is 6.54 Å². The summed E-state index contributed by atoms with van der Waals surface area (Å²) in [5, 5.41) is 2.43. The average molecular weight is 283 g/mol. The predicted molar refractivity (Wildman–Crippen MR) is 63.0 cm³/mol. The number of aromatic nitrogens is 2. The second-order valence-electron chi connectivity index (χ2n) is 3.08. The minimum Gasteiger partial charge on any atom is -0.366 e. The van der Waals surface area contributed by atoms with Crippen molar-refractivity contribution in [3.05, 3.63) is 17.3 Å². The first-order valence-corrected chi connectivity index (χ1v) is 6.87. The van der Waals surface area contributed by atoms with Crippen LogP contribution in [0.2, 0.25) is 5.28 Å². The highest BCUT2D eigenvalue weighted by Crippen LogP contribution is 2.11. The van der Waals surface area contributed by atoms with E-state index in [9.17, 15) is 12.8 Å². The quantitative estimate of drug-likeness (QED) is 0.747. The van der Waals surface area contributed by atoms with Gasteiger partial charge in [-0.2, -0.15) is 4.98 Å². The van der Waals surface area contributed by atoms with Crippen LogP contribution in [0.3, 0.4) is 0 Å². The molecule has 0 aromatic carbocycles. The first-order valence-electron chi connectivity index (χ1n) is 4.84. The van der Waals surface area contributed by atoms with Crippen LogP contribution < -0.4 is 10.0 Å². The lowest BCUT2D eigenvalue weighted by atomic mass is 10.5. The fourth-order valence-corrected chi connectivity index (χ4v) is 2.15. The second kappa shape index (κ2) is 6.08. The topological polar surface area (TPSA) is 84.0 Å². The second-order valence-corrected chi connectivity index (χ2v) is 5.34. The molecule has 6 nitrogen and oxygen atoms in total. The van der Waals surface area contributed by atoms with Gasteiger partial charge in [-0.05, 0) is 11.6 Å². The maximum atomic E-state index is 13.1. The van der Waals surface area contributed by atoms with Crippen LogP contribution in [-0.2, 0) is 10.0 Å². The van der Waals surface area contributed by atoms with E-state index >= 15 is 0 Å². The van der Waals surface area contributed by atoms with Gasteiger partial charge in [0.1, 0.15) is 0 Å². The van der Waals surface area contributed by atoms with Crippen molar-refractivity contribution >= 4 is 27.4 Å². The molecule has 0 aliphatic heterocycles. The predicted octanol–water partition coefficient (Wildman–Crippen LogP) is 0.620. The molecule has 1 aromatic rings. The Morgan fingerprint density at radius 2 is 2.24 bits per heavy atom. The number of nitrogens with one attached hydrogen (secondary N) is 2. The number of hydrogen-bond donors (Lipinski definition) is 2. The van der Waals surface area contributed by atoms with Crippen LogP contribution in [0.1, 0.15) is 6.92 Å². The van der Waals surface area contributed by atoms with Crippen LogP contribution in [0.5, 0.6) is 0 Å². The minimum atomic E-state index is -3.34. The standard InChI is InChI=1S/C8H12ClFN4O2S/c1-2-13-17(15,16)4-3-11-7-6(10)5-12-8(9)14-7/h5,13H,2-4H2,1H3,(H,11,12,14). The molecule has 0 bridgehead atoms. The first-order chi connectivity index (χ1) is 7.94. The number of halogens is 2. The summed E-state index contributed by atoms with van der Waals surface area (Å²) in [6, 6.07) is 0. The molecule has 1 heterocycles. The summed E-state index contributed by atoms with van der Waals surface area (Å²) in [6.45, 7) is 2.02. The Balaban J connectivity index is 2.54. The molecule has 17 heavy (non-hydrogen) atoms. The van der Waals surface area contributed by atoms with Gasteiger partial charge in [0.25, 0.3) is 0 Å². The lowest BCUT2D eigenvalue weighted by Gasteiger charge is -2.07. The van der Waals surface area contributed by atoms with Crippen LogP contribution in [0.15, 0.2) is 6.20 Å². The maximum absolute atomic E-state index is 13.1. The maximum Gasteiger partial charge on any atom is 0.224 e. The zero-order valence-corrected chi connectivity index (χ0v) is 10.6. The van der Waals surface area contributed by atoms with Crippen molar-refractivity contribution < 1.29 is 12.8 Å². The monoisotopic (exact) mass is 282 g/mol. The first kappa shape index (κ1) is 14.1. The molecule has 96 valence electrons. The van der Waals surface area contributed by atoms with Crippen molar-refractivity contribution in [3.63, 3.8) is 0 Å². The van der Waals surface area contributed by atoms with Crippen LogP contribution in [-0.4, -0.2) is 37.2 Å². The Morgan fingerprint density at radius 3 is 2.88 bits per heavy atom. The average Bonchev–Trinajstić information content (AvgIpc) is 2.23. The molecular weight excluding hydrogens is 271 g/mol. The molecule has 0 amide bonds. The summed E-state index contributed by atoms with van der Waals surface area (Å²) in [5.41, 5.74) is 0. The Morgan fingerprint density at radius 1 is 1.53 bits per heavy atom. The Bertz CT molecular complexity index is 482. The van der Waals surface area contributed by atoms with E-state index in [1.54, 1.807) is 6.92 Å². The van der Waals surface area contributed by atoms with Gasteiger partial charge in [0.15, 0.2) is 11.6 Å². The van der Waals surface area contributed by atoms with Crippen LogP contribution in [0.25, 0.3) is 0 Å². The number of sulfonamides is 1. The zero-order valence-electron chi connectivity index (χ0n) is 9.07. The molecule has 1 aromatic heterocycles. The van der Waals surface area contributed by atoms with Gasteiger partial charge in [0, 0.05) is 13.1 Å². The molecule has 0 aliphatic carbocycles. The Kier molecular flexibility index (Phi) is 5.03. The van der Waals surface area contributed by atoms with Gasteiger partial charge >= 0.3 is 0 Å². The Labute approximate surface area is 104 Å². The third kappa shape index (κ3) is 4.80. The molecule has 0 unspecified atom stereocenters. The molecule has 2 N–H and O–H groups in total. The van der Waals surface area contributed by atoms with Gasteiger partial charge in [0.2, 0.25) is 15.3 Å². The van der Waals surface area contributed by atoms with Gasteiger partial charge < -0.3 is 5.32 Å². The summed E-state index contributed by atoms with van der Waals surface area (Å²) in [6.07, 6.45) is 0.913. The molecule has 0 radical (unpaired) electrons. The van der Waals surface area contributed by atoms with E-state index in [1.807, 2.05) is 0 Å². The molecule has 9 heteroatoms. The molecular formula is C8H12ClFN4O2S. The third-order valence-electron chi connectivity index (χ3n) is 1.74. The van der Waals surface area contributed by atoms with Crippen molar-refractivity contribution in [2.45, 2.75) is 6.92 Å². The van der Waals surface area contributed by atoms with Gasteiger partial charge in [-0.1, -0.05) is 6.92 Å². The molecule has 0 aliphatic rings. The van der Waals surface area contributed by atoms with Crippen molar-refractivity contribution in [2.75, 3.05) is 24.2 Å². The van der Waals surface area contributed by atoms with E-state index in [1.165, 1.54) is 0 Å². The number of hydrogen-bond acceptors (Lipinski definition) is 5. The number of anilines is 1. The summed E-state index contributed by atoms with van der Waals surface area (Å²) in [4.78, 5) is 7.03. The highest BCUT2D eigenvalue weighted by Gasteiger charge is 2.10. The van der Waals surface area contributed by atoms with E-state index in [4.69, 9.17) is 11.6 Å². The zero-order chi connectivity index (χ0) is 12.9. The van der Waals surface area contributed by atoms with Crippen LogP contribution in [0.4, 0.5) is 10.2 Å². The molecule has 0 spiro atoms.